The van der Waals surface area contributed by atoms with Gasteiger partial charge in [-0.2, -0.15) is 0 Å². The molecule has 5 nitrogen and oxygen atoms in total. The first-order valence-corrected chi connectivity index (χ1v) is 12.9. The van der Waals surface area contributed by atoms with Crippen LogP contribution in [0.25, 0.3) is 0 Å². The molecule has 178 valence electrons. The van der Waals surface area contributed by atoms with Crippen molar-refractivity contribution in [3.05, 3.63) is 57.3 Å². The average molecular weight is 468 g/mol. The summed E-state index contributed by atoms with van der Waals surface area (Å²) >= 11 is 1.82. The fourth-order valence-electron chi connectivity index (χ4n) is 5.06. The van der Waals surface area contributed by atoms with Crippen molar-refractivity contribution in [2.24, 2.45) is 5.41 Å². The molecule has 0 unspecified atom stereocenters. The molecular formula is C27H37N3O2S. The molecule has 2 amide bonds. The van der Waals surface area contributed by atoms with E-state index in [9.17, 15) is 9.59 Å². The fraction of sp³-hybridized carbons (Fsp3) is 0.556. The van der Waals surface area contributed by atoms with Gasteiger partial charge in [0.1, 0.15) is 0 Å². The van der Waals surface area contributed by atoms with Gasteiger partial charge in [0.25, 0.3) is 0 Å². The number of benzene rings is 1. The number of amides is 2. The minimum Gasteiger partial charge on any atom is -0.338 e. The van der Waals surface area contributed by atoms with E-state index in [1.165, 1.54) is 21.6 Å². The van der Waals surface area contributed by atoms with Crippen molar-refractivity contribution in [2.45, 2.75) is 59.5 Å². The quantitative estimate of drug-likeness (QED) is 0.665. The first-order chi connectivity index (χ1) is 15.6. The van der Waals surface area contributed by atoms with Gasteiger partial charge in [-0.25, -0.2) is 0 Å². The number of fused-ring (bicyclic) bond motifs is 1. The lowest BCUT2D eigenvalue weighted by atomic mass is 9.91. The molecule has 1 aromatic heterocycles. The lowest BCUT2D eigenvalue weighted by Gasteiger charge is -2.42. The summed E-state index contributed by atoms with van der Waals surface area (Å²) in [6, 6.07) is 11.1. The van der Waals surface area contributed by atoms with Gasteiger partial charge in [0.15, 0.2) is 0 Å². The lowest BCUT2D eigenvalue weighted by molar-refractivity contribution is -0.144. The Bertz CT molecular complexity index is 992. The monoisotopic (exact) mass is 467 g/mol. The maximum atomic E-state index is 13.4. The Balaban J connectivity index is 1.44. The summed E-state index contributed by atoms with van der Waals surface area (Å²) in [5.74, 6) is 0.364. The number of hydrogen-bond acceptors (Lipinski definition) is 4. The number of carbonyl (C=O) groups is 2. The predicted molar refractivity (Wildman–Crippen MR) is 134 cm³/mol. The summed E-state index contributed by atoms with van der Waals surface area (Å²) in [6.45, 7) is 13.6. The summed E-state index contributed by atoms with van der Waals surface area (Å²) in [7, 11) is 0. The van der Waals surface area contributed by atoms with Crippen LogP contribution < -0.4 is 0 Å². The van der Waals surface area contributed by atoms with Crippen LogP contribution in [-0.2, 0) is 16.0 Å². The summed E-state index contributed by atoms with van der Waals surface area (Å²) < 4.78 is 0. The molecule has 2 aliphatic rings. The molecule has 4 rings (SSSR count). The largest absolute Gasteiger partial charge is 0.338 e. The number of nitrogens with zero attached hydrogens (tertiary/aromatic N) is 3. The van der Waals surface area contributed by atoms with Gasteiger partial charge in [-0.15, -0.1) is 11.3 Å². The van der Waals surface area contributed by atoms with E-state index in [1.807, 2.05) is 21.1 Å². The smallest absolute Gasteiger partial charge is 0.236 e. The molecular weight excluding hydrogens is 430 g/mol. The topological polar surface area (TPSA) is 43.9 Å². The van der Waals surface area contributed by atoms with Crippen molar-refractivity contribution in [2.75, 3.05) is 32.7 Å². The zero-order valence-electron chi connectivity index (χ0n) is 20.6. The molecule has 2 atom stereocenters. The van der Waals surface area contributed by atoms with Crippen molar-refractivity contribution in [3.63, 3.8) is 0 Å². The molecule has 0 saturated carbocycles. The summed E-state index contributed by atoms with van der Waals surface area (Å²) in [6.07, 6.45) is 1.54. The number of carbonyl (C=O) groups excluding carboxylic acids is 2. The van der Waals surface area contributed by atoms with Crippen LogP contribution in [0.5, 0.6) is 0 Å². The van der Waals surface area contributed by atoms with E-state index in [-0.39, 0.29) is 29.3 Å². The van der Waals surface area contributed by atoms with Gasteiger partial charge in [0, 0.05) is 43.5 Å². The van der Waals surface area contributed by atoms with E-state index < -0.39 is 0 Å². The molecule has 0 bridgehead atoms. The van der Waals surface area contributed by atoms with Gasteiger partial charge in [-0.1, -0.05) is 50.6 Å². The highest BCUT2D eigenvalue weighted by atomic mass is 32.1. The third-order valence-electron chi connectivity index (χ3n) is 6.78. The molecule has 1 aromatic carbocycles. The maximum Gasteiger partial charge on any atom is 0.236 e. The average Bonchev–Trinajstić information content (AvgIpc) is 3.22. The van der Waals surface area contributed by atoms with Crippen LogP contribution in [0.4, 0.5) is 0 Å². The van der Waals surface area contributed by atoms with E-state index in [2.05, 4.69) is 75.2 Å². The van der Waals surface area contributed by atoms with Crippen LogP contribution in [0.2, 0.25) is 0 Å². The van der Waals surface area contributed by atoms with E-state index >= 15 is 0 Å². The van der Waals surface area contributed by atoms with Crippen molar-refractivity contribution in [1.29, 1.82) is 0 Å². The van der Waals surface area contributed by atoms with E-state index in [0.29, 0.717) is 32.6 Å². The molecule has 2 aromatic rings. The van der Waals surface area contributed by atoms with Crippen LogP contribution in [0, 0.1) is 12.3 Å². The van der Waals surface area contributed by atoms with E-state index in [4.69, 9.17) is 0 Å². The van der Waals surface area contributed by atoms with E-state index in [0.717, 1.165) is 13.0 Å². The van der Waals surface area contributed by atoms with Crippen LogP contribution in [0.1, 0.15) is 61.7 Å². The molecule has 0 aliphatic carbocycles. The second kappa shape index (κ2) is 9.59. The highest BCUT2D eigenvalue weighted by Gasteiger charge is 2.35. The Morgan fingerprint density at radius 2 is 1.76 bits per heavy atom. The molecule has 0 radical (unpaired) electrons. The standard InChI is InChI=1S/C27H37N3O2S/c1-19-6-8-21(9-7-19)26-22-11-15-33-23(22)10-12-29(26)18-25(32)28-13-14-30(20(2)17-28)24(31)16-27(3,4)5/h6-9,11,15,20,26H,10,12-14,16-18H2,1-5H3/t20-,26-/m1/s1. The molecule has 3 heterocycles. The molecule has 2 aliphatic heterocycles. The number of piperazine rings is 1. The first kappa shape index (κ1) is 24.0. The fourth-order valence-corrected chi connectivity index (χ4v) is 5.97. The Kier molecular flexibility index (Phi) is 6.96. The van der Waals surface area contributed by atoms with Gasteiger partial charge in [-0.05, 0) is 48.3 Å². The summed E-state index contributed by atoms with van der Waals surface area (Å²) in [5.41, 5.74) is 3.81. The first-order valence-electron chi connectivity index (χ1n) is 12.1. The Labute approximate surface area is 202 Å². The second-order valence-corrected chi connectivity index (χ2v) is 11.8. The minimum atomic E-state index is -0.0243. The van der Waals surface area contributed by atoms with Crippen LogP contribution >= 0.6 is 11.3 Å². The highest BCUT2D eigenvalue weighted by molar-refractivity contribution is 7.10. The SMILES string of the molecule is Cc1ccc([C@@H]2c3ccsc3CCN2CC(=O)N2CCN(C(=O)CC(C)(C)C)[C@H](C)C2)cc1. The van der Waals surface area contributed by atoms with Gasteiger partial charge >= 0.3 is 0 Å². The van der Waals surface area contributed by atoms with Gasteiger partial charge in [0.2, 0.25) is 11.8 Å². The third-order valence-corrected chi connectivity index (χ3v) is 7.78. The van der Waals surface area contributed by atoms with Crippen molar-refractivity contribution < 1.29 is 9.59 Å². The maximum absolute atomic E-state index is 13.4. The second-order valence-electron chi connectivity index (χ2n) is 10.8. The van der Waals surface area contributed by atoms with Gasteiger partial charge in [0.05, 0.1) is 12.6 Å². The molecule has 33 heavy (non-hydrogen) atoms. The third kappa shape index (κ3) is 5.49. The summed E-state index contributed by atoms with van der Waals surface area (Å²) in [4.78, 5) is 33.8. The molecule has 0 N–H and O–H groups in total. The van der Waals surface area contributed by atoms with Crippen molar-refractivity contribution in [3.8, 4) is 0 Å². The predicted octanol–water partition coefficient (Wildman–Crippen LogP) is 4.50. The summed E-state index contributed by atoms with van der Waals surface area (Å²) in [5, 5.41) is 2.17. The number of thiophene rings is 1. The molecule has 1 fully saturated rings. The van der Waals surface area contributed by atoms with Crippen LogP contribution in [0.3, 0.4) is 0 Å². The lowest BCUT2D eigenvalue weighted by Crippen LogP contribution is -2.57. The molecule has 0 spiro atoms. The van der Waals surface area contributed by atoms with Crippen LogP contribution in [0.15, 0.2) is 35.7 Å². The highest BCUT2D eigenvalue weighted by Crippen LogP contribution is 2.37. The Morgan fingerprint density at radius 1 is 1.03 bits per heavy atom. The zero-order chi connectivity index (χ0) is 23.8. The van der Waals surface area contributed by atoms with Gasteiger partial charge in [-0.3, -0.25) is 14.5 Å². The number of aryl methyl sites for hydroxylation is 1. The van der Waals surface area contributed by atoms with Crippen LogP contribution in [-0.4, -0.2) is 65.3 Å². The van der Waals surface area contributed by atoms with Crippen molar-refractivity contribution in [1.82, 2.24) is 14.7 Å². The normalized spacial score (nSPS) is 21.7. The molecule has 6 heteroatoms. The van der Waals surface area contributed by atoms with Crippen molar-refractivity contribution >= 4 is 23.2 Å². The van der Waals surface area contributed by atoms with E-state index in [1.54, 1.807) is 0 Å². The number of hydrogen-bond donors (Lipinski definition) is 0. The Hall–Kier alpha value is -2.18. The Morgan fingerprint density at radius 3 is 2.42 bits per heavy atom. The zero-order valence-corrected chi connectivity index (χ0v) is 21.5. The molecule has 1 saturated heterocycles. The van der Waals surface area contributed by atoms with Gasteiger partial charge < -0.3 is 9.80 Å². The minimum absolute atomic E-state index is 0.0243. The number of rotatable bonds is 4.